The zero-order valence-electron chi connectivity index (χ0n) is 16.1. The first kappa shape index (κ1) is 19.5. The predicted molar refractivity (Wildman–Crippen MR) is 101 cm³/mol. The highest BCUT2D eigenvalue weighted by Gasteiger charge is 2.39. The molecule has 0 saturated heterocycles. The van der Waals surface area contributed by atoms with Crippen LogP contribution in [-0.4, -0.2) is 50.7 Å². The van der Waals surface area contributed by atoms with Crippen molar-refractivity contribution in [3.63, 3.8) is 0 Å². The summed E-state index contributed by atoms with van der Waals surface area (Å²) in [6, 6.07) is 7.69. The van der Waals surface area contributed by atoms with E-state index >= 15 is 0 Å². The fraction of sp³-hybridized carbons (Fsp3) is 0.450. The van der Waals surface area contributed by atoms with Gasteiger partial charge in [-0.1, -0.05) is 25.3 Å². The topological polar surface area (TPSA) is 101 Å². The molecule has 8 nitrogen and oxygen atoms in total. The molecule has 1 fully saturated rings. The first-order chi connectivity index (χ1) is 13.5. The average Bonchev–Trinajstić information content (AvgIpc) is 3.13. The van der Waals surface area contributed by atoms with Gasteiger partial charge in [-0.25, -0.2) is 14.5 Å². The number of nitrogens with zero attached hydrogens (tertiary/aromatic N) is 5. The van der Waals surface area contributed by atoms with E-state index < -0.39 is 18.1 Å². The zero-order valence-corrected chi connectivity index (χ0v) is 16.1. The Labute approximate surface area is 163 Å². The van der Waals surface area contributed by atoms with Gasteiger partial charge in [-0.05, 0) is 31.9 Å². The van der Waals surface area contributed by atoms with Crippen molar-refractivity contribution >= 4 is 11.9 Å². The molecule has 0 atom stereocenters. The third-order valence-electron chi connectivity index (χ3n) is 5.33. The molecule has 3 rings (SSSR count). The van der Waals surface area contributed by atoms with Gasteiger partial charge in [0, 0.05) is 13.2 Å². The van der Waals surface area contributed by atoms with Crippen LogP contribution in [0, 0.1) is 18.3 Å². The van der Waals surface area contributed by atoms with Gasteiger partial charge in [0.2, 0.25) is 0 Å². The number of hydrogen-bond donors (Lipinski definition) is 0. The molecule has 1 aliphatic rings. The third-order valence-corrected chi connectivity index (χ3v) is 5.33. The van der Waals surface area contributed by atoms with Crippen molar-refractivity contribution in [2.24, 2.45) is 0 Å². The Hall–Kier alpha value is -3.21. The third kappa shape index (κ3) is 3.74. The second-order valence-corrected chi connectivity index (χ2v) is 6.98. The summed E-state index contributed by atoms with van der Waals surface area (Å²) in [6.07, 6.45) is 7.23. The minimum atomic E-state index is -0.804. The minimum absolute atomic E-state index is 0.272. The molecular formula is C20H23N5O3. The van der Waals surface area contributed by atoms with Gasteiger partial charge in [-0.3, -0.25) is 4.79 Å². The van der Waals surface area contributed by atoms with Crippen LogP contribution in [0.25, 0.3) is 5.82 Å². The van der Waals surface area contributed by atoms with Crippen LogP contribution >= 0.6 is 0 Å². The number of aromatic nitrogens is 3. The molecule has 146 valence electrons. The Kier molecular flexibility index (Phi) is 5.73. The van der Waals surface area contributed by atoms with Crippen LogP contribution in [0.3, 0.4) is 0 Å². The van der Waals surface area contributed by atoms with E-state index in [1.54, 1.807) is 32.3 Å². The fourth-order valence-corrected chi connectivity index (χ4v) is 3.52. The number of hydrogen-bond acceptors (Lipinski definition) is 6. The molecule has 0 N–H and O–H groups in total. The lowest BCUT2D eigenvalue weighted by molar-refractivity contribution is -0.138. The van der Waals surface area contributed by atoms with Crippen molar-refractivity contribution in [1.82, 2.24) is 19.7 Å². The van der Waals surface area contributed by atoms with E-state index in [0.29, 0.717) is 24.4 Å². The first-order valence-electron chi connectivity index (χ1n) is 9.29. The van der Waals surface area contributed by atoms with Gasteiger partial charge in [0.25, 0.3) is 5.91 Å². The van der Waals surface area contributed by atoms with E-state index in [4.69, 9.17) is 4.74 Å². The molecule has 0 aliphatic heterocycles. The van der Waals surface area contributed by atoms with Crippen LogP contribution in [0.15, 0.2) is 30.6 Å². The van der Waals surface area contributed by atoms with E-state index in [2.05, 4.69) is 16.2 Å². The summed E-state index contributed by atoms with van der Waals surface area (Å²) < 4.78 is 6.75. The summed E-state index contributed by atoms with van der Waals surface area (Å²) in [5.41, 5.74) is 0.0423. The van der Waals surface area contributed by atoms with Crippen LogP contribution in [0.4, 0.5) is 0 Å². The highest BCUT2D eigenvalue weighted by molar-refractivity contribution is 5.92. The number of nitriles is 1. The van der Waals surface area contributed by atoms with Crippen molar-refractivity contribution in [2.45, 2.75) is 44.6 Å². The number of likely N-dealkylation sites (N-methyl/N-ethyl adjacent to an activating group) is 1. The van der Waals surface area contributed by atoms with Gasteiger partial charge in [0.1, 0.15) is 11.1 Å². The summed E-state index contributed by atoms with van der Waals surface area (Å²) in [6.45, 7) is 1.33. The number of rotatable bonds is 5. The Morgan fingerprint density at radius 1 is 1.32 bits per heavy atom. The first-order valence-corrected chi connectivity index (χ1v) is 9.29. The van der Waals surface area contributed by atoms with E-state index in [0.717, 1.165) is 19.3 Å². The lowest BCUT2D eigenvalue weighted by Crippen LogP contribution is -2.51. The highest BCUT2D eigenvalue weighted by Crippen LogP contribution is 2.32. The van der Waals surface area contributed by atoms with E-state index in [9.17, 15) is 14.9 Å². The van der Waals surface area contributed by atoms with Gasteiger partial charge in [0.05, 0.1) is 18.0 Å². The van der Waals surface area contributed by atoms with Crippen LogP contribution in [0.2, 0.25) is 0 Å². The predicted octanol–water partition coefficient (Wildman–Crippen LogP) is 2.42. The molecule has 28 heavy (non-hydrogen) atoms. The van der Waals surface area contributed by atoms with Crippen molar-refractivity contribution in [3.05, 3.63) is 41.9 Å². The quantitative estimate of drug-likeness (QED) is 0.737. The molecule has 2 aromatic heterocycles. The van der Waals surface area contributed by atoms with Crippen molar-refractivity contribution in [3.8, 4) is 11.9 Å². The molecule has 0 unspecified atom stereocenters. The maximum atomic E-state index is 12.5. The Morgan fingerprint density at radius 2 is 2.07 bits per heavy atom. The lowest BCUT2D eigenvalue weighted by atomic mass is 9.81. The average molecular weight is 381 g/mol. The number of carbonyl (C=O) groups excluding carboxylic acids is 2. The number of esters is 1. The minimum Gasteiger partial charge on any atom is -0.452 e. The van der Waals surface area contributed by atoms with Gasteiger partial charge < -0.3 is 9.64 Å². The van der Waals surface area contributed by atoms with Crippen LogP contribution in [0.1, 0.15) is 48.2 Å². The second kappa shape index (κ2) is 8.21. The molecule has 2 aromatic rings. The second-order valence-electron chi connectivity index (χ2n) is 6.98. The number of ether oxygens (including phenoxy) is 1. The molecule has 0 aromatic carbocycles. The summed E-state index contributed by atoms with van der Waals surface area (Å²) in [4.78, 5) is 30.6. The van der Waals surface area contributed by atoms with E-state index in [-0.39, 0.29) is 11.5 Å². The molecule has 2 heterocycles. The fourth-order valence-electron chi connectivity index (χ4n) is 3.52. The van der Waals surface area contributed by atoms with Gasteiger partial charge in [-0.15, -0.1) is 0 Å². The van der Waals surface area contributed by atoms with Gasteiger partial charge in [-0.2, -0.15) is 10.4 Å². The zero-order chi connectivity index (χ0) is 20.1. The largest absolute Gasteiger partial charge is 0.452 e. The molecule has 1 saturated carbocycles. The maximum Gasteiger partial charge on any atom is 0.342 e. The van der Waals surface area contributed by atoms with Gasteiger partial charge in [0.15, 0.2) is 12.4 Å². The summed E-state index contributed by atoms with van der Waals surface area (Å²) in [5.74, 6) is -0.425. The molecular weight excluding hydrogens is 358 g/mol. The Bertz CT molecular complexity index is 894. The molecule has 0 spiro atoms. The number of carbonyl (C=O) groups is 2. The highest BCUT2D eigenvalue weighted by atomic mass is 16.5. The van der Waals surface area contributed by atoms with Crippen LogP contribution in [0.5, 0.6) is 0 Å². The normalized spacial score (nSPS) is 15.5. The Morgan fingerprint density at radius 3 is 2.71 bits per heavy atom. The van der Waals surface area contributed by atoms with Crippen molar-refractivity contribution < 1.29 is 14.3 Å². The smallest absolute Gasteiger partial charge is 0.342 e. The van der Waals surface area contributed by atoms with E-state index in [1.165, 1.54) is 15.8 Å². The molecule has 8 heteroatoms. The van der Waals surface area contributed by atoms with Crippen LogP contribution < -0.4 is 0 Å². The SMILES string of the molecule is Cc1c(C(=O)OCC(=O)N(C)C2(C#N)CCCCC2)cnn1-c1ccccn1. The number of amides is 1. The lowest BCUT2D eigenvalue weighted by Gasteiger charge is -2.38. The summed E-state index contributed by atoms with van der Waals surface area (Å²) in [5, 5.41) is 13.8. The summed E-state index contributed by atoms with van der Waals surface area (Å²) in [7, 11) is 1.61. The molecule has 1 amide bonds. The molecule has 1 aliphatic carbocycles. The summed E-state index contributed by atoms with van der Waals surface area (Å²) >= 11 is 0. The van der Waals surface area contributed by atoms with Gasteiger partial charge >= 0.3 is 5.97 Å². The Balaban J connectivity index is 1.65. The van der Waals surface area contributed by atoms with E-state index in [1.807, 2.05) is 6.07 Å². The monoisotopic (exact) mass is 381 g/mol. The molecule has 0 bridgehead atoms. The maximum absolute atomic E-state index is 12.5. The van der Waals surface area contributed by atoms with Crippen LogP contribution in [-0.2, 0) is 9.53 Å². The van der Waals surface area contributed by atoms with Crippen molar-refractivity contribution in [1.29, 1.82) is 5.26 Å². The standard InChI is InChI=1S/C20H23N5O3/c1-15-16(12-23-25(15)17-8-4-7-11-22-17)19(27)28-13-18(26)24(2)20(14-21)9-5-3-6-10-20/h4,7-8,11-12H,3,5-6,9-10,13H2,1-2H3. The molecule has 0 radical (unpaired) electrons. The number of pyridine rings is 1. The van der Waals surface area contributed by atoms with Crippen molar-refractivity contribution in [2.75, 3.05) is 13.7 Å².